The number of halogens is 2. The summed E-state index contributed by atoms with van der Waals surface area (Å²) < 4.78 is 34.5. The molecule has 4 nitrogen and oxygen atoms in total. The number of amides is 1. The molecule has 136 valence electrons. The third-order valence-corrected chi connectivity index (χ3v) is 6.05. The molecule has 0 radical (unpaired) electrons. The molecule has 0 spiro atoms. The SMILES string of the molecule is O=C(NC12CC3CC(F)(CC(F)CC3(O)C1)C2)OCc1ccccc1. The minimum Gasteiger partial charge on any atom is -0.445 e. The number of ether oxygens (including phenoxy) is 1. The molecule has 25 heavy (non-hydrogen) atoms. The van der Waals surface area contributed by atoms with E-state index in [1.165, 1.54) is 0 Å². The zero-order chi connectivity index (χ0) is 17.7. The van der Waals surface area contributed by atoms with Gasteiger partial charge in [-0.05, 0) is 30.7 Å². The second kappa shape index (κ2) is 5.66. The Morgan fingerprint density at radius 2 is 1.96 bits per heavy atom. The largest absolute Gasteiger partial charge is 0.445 e. The molecular weight excluding hydrogens is 328 g/mol. The Morgan fingerprint density at radius 1 is 1.20 bits per heavy atom. The number of rotatable bonds is 3. The first-order valence-corrected chi connectivity index (χ1v) is 8.84. The fourth-order valence-corrected chi connectivity index (χ4v) is 5.34. The number of alkyl halides is 2. The summed E-state index contributed by atoms with van der Waals surface area (Å²) in [7, 11) is 0. The summed E-state index contributed by atoms with van der Waals surface area (Å²) in [6.45, 7) is 0.129. The summed E-state index contributed by atoms with van der Waals surface area (Å²) >= 11 is 0. The quantitative estimate of drug-likeness (QED) is 0.877. The second-order valence-corrected chi connectivity index (χ2v) is 8.19. The van der Waals surface area contributed by atoms with E-state index in [0.717, 1.165) is 5.56 Å². The molecule has 3 fully saturated rings. The molecule has 1 aromatic carbocycles. The van der Waals surface area contributed by atoms with E-state index in [2.05, 4.69) is 5.32 Å². The zero-order valence-electron chi connectivity index (χ0n) is 14.0. The van der Waals surface area contributed by atoms with Gasteiger partial charge in [-0.15, -0.1) is 0 Å². The molecule has 1 aromatic rings. The molecule has 5 atom stereocenters. The third kappa shape index (κ3) is 3.12. The monoisotopic (exact) mass is 351 g/mol. The van der Waals surface area contributed by atoms with Crippen molar-refractivity contribution in [3.05, 3.63) is 35.9 Å². The van der Waals surface area contributed by atoms with Gasteiger partial charge in [-0.3, -0.25) is 0 Å². The van der Waals surface area contributed by atoms with Gasteiger partial charge in [0.1, 0.15) is 18.4 Å². The van der Waals surface area contributed by atoms with Crippen LogP contribution in [-0.2, 0) is 11.3 Å². The lowest BCUT2D eigenvalue weighted by Crippen LogP contribution is -2.54. The second-order valence-electron chi connectivity index (χ2n) is 8.19. The number of benzene rings is 1. The highest BCUT2D eigenvalue weighted by Crippen LogP contribution is 2.60. The van der Waals surface area contributed by atoms with Gasteiger partial charge in [-0.1, -0.05) is 30.3 Å². The van der Waals surface area contributed by atoms with Crippen LogP contribution in [0.4, 0.5) is 13.6 Å². The van der Waals surface area contributed by atoms with Gasteiger partial charge >= 0.3 is 6.09 Å². The lowest BCUT2D eigenvalue weighted by Gasteiger charge is -2.41. The molecule has 0 saturated heterocycles. The van der Waals surface area contributed by atoms with E-state index in [-0.39, 0.29) is 44.6 Å². The minimum absolute atomic E-state index is 0.0413. The van der Waals surface area contributed by atoms with Crippen LogP contribution < -0.4 is 5.32 Å². The van der Waals surface area contributed by atoms with E-state index in [1.807, 2.05) is 30.3 Å². The van der Waals surface area contributed by atoms with Crippen LogP contribution >= 0.6 is 0 Å². The van der Waals surface area contributed by atoms with E-state index in [0.29, 0.717) is 6.42 Å². The minimum atomic E-state index is -1.67. The number of carbonyl (C=O) groups is 1. The number of fused-ring (bicyclic) bond motifs is 2. The lowest BCUT2D eigenvalue weighted by molar-refractivity contribution is -0.0195. The van der Waals surface area contributed by atoms with E-state index >= 15 is 4.39 Å². The van der Waals surface area contributed by atoms with Gasteiger partial charge in [0.2, 0.25) is 0 Å². The molecule has 0 heterocycles. The van der Waals surface area contributed by atoms with Crippen molar-refractivity contribution in [2.24, 2.45) is 5.92 Å². The zero-order valence-corrected chi connectivity index (χ0v) is 14.0. The average molecular weight is 351 g/mol. The van der Waals surface area contributed by atoms with Gasteiger partial charge in [0.25, 0.3) is 0 Å². The van der Waals surface area contributed by atoms with Crippen molar-refractivity contribution in [3.63, 3.8) is 0 Å². The smallest absolute Gasteiger partial charge is 0.407 e. The van der Waals surface area contributed by atoms with Crippen LogP contribution in [0, 0.1) is 5.92 Å². The number of hydrogen-bond donors (Lipinski definition) is 2. The van der Waals surface area contributed by atoms with Crippen molar-refractivity contribution in [3.8, 4) is 0 Å². The Kier molecular flexibility index (Phi) is 3.79. The molecule has 1 amide bonds. The van der Waals surface area contributed by atoms with Crippen LogP contribution in [0.25, 0.3) is 0 Å². The summed E-state index contributed by atoms with van der Waals surface area (Å²) in [4.78, 5) is 12.2. The summed E-state index contributed by atoms with van der Waals surface area (Å²) in [6, 6.07) is 9.29. The Balaban J connectivity index is 1.46. The first-order valence-electron chi connectivity index (χ1n) is 8.84. The Labute approximate surface area is 145 Å². The molecule has 3 aliphatic rings. The standard InChI is InChI=1S/C19H23F2NO3/c20-15-8-17(21)6-14-7-18(11-17,12-19(14,24)9-15)22-16(23)25-10-13-4-2-1-3-5-13/h1-5,14-15,24H,6-12H2,(H,22,23). The summed E-state index contributed by atoms with van der Waals surface area (Å²) in [5.41, 5.74) is -2.90. The normalized spacial score (nSPS) is 42.0. The van der Waals surface area contributed by atoms with Crippen molar-refractivity contribution in [1.82, 2.24) is 5.32 Å². The van der Waals surface area contributed by atoms with Crippen LogP contribution in [0.2, 0.25) is 0 Å². The molecule has 4 rings (SSSR count). The van der Waals surface area contributed by atoms with Gasteiger partial charge in [-0.2, -0.15) is 0 Å². The maximum Gasteiger partial charge on any atom is 0.407 e. The third-order valence-electron chi connectivity index (χ3n) is 6.05. The topological polar surface area (TPSA) is 58.6 Å². The van der Waals surface area contributed by atoms with Crippen LogP contribution in [0.1, 0.15) is 44.1 Å². The molecule has 3 saturated carbocycles. The molecule has 6 heteroatoms. The summed E-state index contributed by atoms with van der Waals surface area (Å²) in [5.74, 6) is -0.318. The highest BCUT2D eigenvalue weighted by molar-refractivity contribution is 5.68. The van der Waals surface area contributed by atoms with E-state index in [1.54, 1.807) is 0 Å². The van der Waals surface area contributed by atoms with Gasteiger partial charge < -0.3 is 15.2 Å². The molecule has 2 N–H and O–H groups in total. The number of hydrogen-bond acceptors (Lipinski definition) is 3. The van der Waals surface area contributed by atoms with E-state index < -0.39 is 29.1 Å². The average Bonchev–Trinajstić information content (AvgIpc) is 2.67. The molecule has 0 aromatic heterocycles. The van der Waals surface area contributed by atoms with Crippen molar-refractivity contribution >= 4 is 6.09 Å². The van der Waals surface area contributed by atoms with Crippen LogP contribution in [-0.4, -0.2) is 34.2 Å². The molecule has 3 aliphatic carbocycles. The maximum absolute atomic E-state index is 15.2. The molecule has 3 bridgehead atoms. The number of alkyl carbamates (subject to hydrolysis) is 1. The summed E-state index contributed by atoms with van der Waals surface area (Å²) in [5, 5.41) is 13.7. The first-order chi connectivity index (χ1) is 11.8. The van der Waals surface area contributed by atoms with Crippen LogP contribution in [0.3, 0.4) is 0 Å². The van der Waals surface area contributed by atoms with Gasteiger partial charge in [-0.25, -0.2) is 13.6 Å². The fourth-order valence-electron chi connectivity index (χ4n) is 5.34. The van der Waals surface area contributed by atoms with Crippen molar-refractivity contribution in [2.45, 2.75) is 68.1 Å². The molecular formula is C19H23F2NO3. The van der Waals surface area contributed by atoms with E-state index in [9.17, 15) is 14.3 Å². The first kappa shape index (κ1) is 16.8. The molecule has 0 aliphatic heterocycles. The highest BCUT2D eigenvalue weighted by atomic mass is 19.2. The van der Waals surface area contributed by atoms with Crippen LogP contribution in [0.5, 0.6) is 0 Å². The van der Waals surface area contributed by atoms with Crippen molar-refractivity contribution in [1.29, 1.82) is 0 Å². The van der Waals surface area contributed by atoms with Crippen molar-refractivity contribution < 1.29 is 23.4 Å². The fraction of sp³-hybridized carbons (Fsp3) is 0.632. The molecule has 5 unspecified atom stereocenters. The maximum atomic E-state index is 15.2. The predicted molar refractivity (Wildman–Crippen MR) is 87.4 cm³/mol. The van der Waals surface area contributed by atoms with Gasteiger partial charge in [0.05, 0.1) is 5.60 Å². The summed E-state index contributed by atoms with van der Waals surface area (Å²) in [6.07, 6.45) is -1.32. The number of aliphatic hydroxyl groups is 1. The Bertz CT molecular complexity index is 668. The van der Waals surface area contributed by atoms with Crippen LogP contribution in [0.15, 0.2) is 30.3 Å². The van der Waals surface area contributed by atoms with Gasteiger partial charge in [0, 0.05) is 24.8 Å². The predicted octanol–water partition coefficient (Wildman–Crippen LogP) is 3.43. The Morgan fingerprint density at radius 3 is 2.72 bits per heavy atom. The van der Waals surface area contributed by atoms with Crippen molar-refractivity contribution in [2.75, 3.05) is 0 Å². The van der Waals surface area contributed by atoms with E-state index in [4.69, 9.17) is 4.74 Å². The highest BCUT2D eigenvalue weighted by Gasteiger charge is 2.65. The lowest BCUT2D eigenvalue weighted by atomic mass is 9.73. The number of carbonyl (C=O) groups excluding carboxylic acids is 1. The number of nitrogens with one attached hydrogen (secondary N) is 1. The van der Waals surface area contributed by atoms with Gasteiger partial charge in [0.15, 0.2) is 0 Å². The Hall–Kier alpha value is -1.69.